The molecule has 1 atom stereocenters. The summed E-state index contributed by atoms with van der Waals surface area (Å²) in [6, 6.07) is 12.6. The average Bonchev–Trinajstić information content (AvgIpc) is 2.32. The summed E-state index contributed by atoms with van der Waals surface area (Å²) in [4.78, 5) is 0. The molecular formula is C13H9Cl2IO. The van der Waals surface area contributed by atoms with Crippen LogP contribution in [0.1, 0.15) is 17.2 Å². The van der Waals surface area contributed by atoms with E-state index in [-0.39, 0.29) is 0 Å². The molecule has 0 heterocycles. The highest BCUT2D eigenvalue weighted by Gasteiger charge is 2.13. The Kier molecular flexibility index (Phi) is 4.31. The lowest BCUT2D eigenvalue weighted by molar-refractivity contribution is 0.219. The molecule has 0 saturated heterocycles. The van der Waals surface area contributed by atoms with Crippen LogP contribution in [0.15, 0.2) is 42.5 Å². The van der Waals surface area contributed by atoms with E-state index in [9.17, 15) is 5.11 Å². The molecule has 0 saturated carbocycles. The van der Waals surface area contributed by atoms with E-state index in [0.29, 0.717) is 10.0 Å². The molecule has 0 aromatic heterocycles. The minimum atomic E-state index is -0.683. The third kappa shape index (κ3) is 3.13. The molecule has 4 heteroatoms. The highest BCUT2D eigenvalue weighted by molar-refractivity contribution is 14.1. The summed E-state index contributed by atoms with van der Waals surface area (Å²) in [6.45, 7) is 0. The summed E-state index contributed by atoms with van der Waals surface area (Å²) in [5.74, 6) is 0. The average molecular weight is 379 g/mol. The van der Waals surface area contributed by atoms with Crippen molar-refractivity contribution in [3.8, 4) is 0 Å². The van der Waals surface area contributed by atoms with Gasteiger partial charge in [-0.05, 0) is 64.0 Å². The van der Waals surface area contributed by atoms with Gasteiger partial charge in [-0.25, -0.2) is 0 Å². The summed E-state index contributed by atoms with van der Waals surface area (Å²) in [6.07, 6.45) is -0.683. The predicted octanol–water partition coefficient (Wildman–Crippen LogP) is 4.68. The van der Waals surface area contributed by atoms with Gasteiger partial charge in [0.05, 0.1) is 0 Å². The Hall–Kier alpha value is -0.290. The Balaban J connectivity index is 2.39. The van der Waals surface area contributed by atoms with E-state index in [4.69, 9.17) is 23.2 Å². The Labute approximate surface area is 124 Å². The Morgan fingerprint density at radius 3 is 2.18 bits per heavy atom. The molecule has 0 aliphatic rings. The molecule has 1 nitrogen and oxygen atoms in total. The zero-order valence-corrected chi connectivity index (χ0v) is 12.4. The largest absolute Gasteiger partial charge is 0.384 e. The molecule has 1 N–H and O–H groups in total. The molecule has 2 aromatic rings. The molecule has 0 amide bonds. The van der Waals surface area contributed by atoms with Gasteiger partial charge in [0.15, 0.2) is 0 Å². The summed E-state index contributed by atoms with van der Waals surface area (Å²) in [5, 5.41) is 11.6. The first-order valence-electron chi connectivity index (χ1n) is 4.96. The quantitative estimate of drug-likeness (QED) is 0.752. The number of hydrogen-bond donors (Lipinski definition) is 1. The van der Waals surface area contributed by atoms with Gasteiger partial charge < -0.3 is 5.11 Å². The van der Waals surface area contributed by atoms with E-state index in [2.05, 4.69) is 22.6 Å². The van der Waals surface area contributed by atoms with E-state index in [0.717, 1.165) is 14.7 Å². The highest BCUT2D eigenvalue weighted by Crippen LogP contribution is 2.29. The number of rotatable bonds is 2. The number of aliphatic hydroxyl groups is 1. The second-order valence-electron chi connectivity index (χ2n) is 3.62. The van der Waals surface area contributed by atoms with Crippen molar-refractivity contribution < 1.29 is 5.11 Å². The van der Waals surface area contributed by atoms with Gasteiger partial charge >= 0.3 is 0 Å². The molecule has 0 spiro atoms. The lowest BCUT2D eigenvalue weighted by Gasteiger charge is -2.13. The summed E-state index contributed by atoms with van der Waals surface area (Å²) in [5.41, 5.74) is 1.61. The van der Waals surface area contributed by atoms with Crippen molar-refractivity contribution >= 4 is 45.8 Å². The number of aliphatic hydroxyl groups excluding tert-OH is 1. The van der Waals surface area contributed by atoms with Crippen LogP contribution in [0.4, 0.5) is 0 Å². The zero-order chi connectivity index (χ0) is 12.4. The van der Waals surface area contributed by atoms with Gasteiger partial charge in [-0.3, -0.25) is 0 Å². The van der Waals surface area contributed by atoms with Crippen LogP contribution in [0.3, 0.4) is 0 Å². The maximum Gasteiger partial charge on any atom is 0.105 e. The first-order valence-corrected chi connectivity index (χ1v) is 6.80. The first kappa shape index (κ1) is 13.1. The molecule has 2 rings (SSSR count). The topological polar surface area (TPSA) is 20.2 Å². The third-order valence-corrected chi connectivity index (χ3v) is 3.91. The second-order valence-corrected chi connectivity index (χ2v) is 5.65. The molecule has 0 aliphatic carbocycles. The van der Waals surface area contributed by atoms with Crippen LogP contribution >= 0.6 is 45.8 Å². The maximum absolute atomic E-state index is 10.3. The SMILES string of the molecule is OC(c1ccc(Cl)cc1)c1cc(Cl)ccc1I. The van der Waals surface area contributed by atoms with Gasteiger partial charge in [-0.2, -0.15) is 0 Å². The molecule has 0 fully saturated rings. The first-order chi connectivity index (χ1) is 8.08. The van der Waals surface area contributed by atoms with Gasteiger partial charge in [0.2, 0.25) is 0 Å². The van der Waals surface area contributed by atoms with E-state index in [1.54, 1.807) is 24.3 Å². The van der Waals surface area contributed by atoms with Crippen LogP contribution in [0, 0.1) is 3.57 Å². The van der Waals surface area contributed by atoms with Gasteiger partial charge in [0.1, 0.15) is 6.10 Å². The molecule has 0 bridgehead atoms. The smallest absolute Gasteiger partial charge is 0.105 e. The molecule has 1 unspecified atom stereocenters. The monoisotopic (exact) mass is 378 g/mol. The van der Waals surface area contributed by atoms with Gasteiger partial charge in [0.25, 0.3) is 0 Å². The van der Waals surface area contributed by atoms with E-state index >= 15 is 0 Å². The van der Waals surface area contributed by atoms with Crippen LogP contribution < -0.4 is 0 Å². The maximum atomic E-state index is 10.3. The zero-order valence-electron chi connectivity index (χ0n) is 8.70. The van der Waals surface area contributed by atoms with Gasteiger partial charge in [-0.15, -0.1) is 0 Å². The lowest BCUT2D eigenvalue weighted by atomic mass is 10.0. The van der Waals surface area contributed by atoms with Crippen molar-refractivity contribution in [2.45, 2.75) is 6.10 Å². The predicted molar refractivity (Wildman–Crippen MR) is 79.7 cm³/mol. The van der Waals surface area contributed by atoms with Crippen LogP contribution in [0.2, 0.25) is 10.0 Å². The van der Waals surface area contributed by atoms with Crippen LogP contribution in [0.25, 0.3) is 0 Å². The van der Waals surface area contributed by atoms with Gasteiger partial charge in [0, 0.05) is 13.6 Å². The molecule has 88 valence electrons. The van der Waals surface area contributed by atoms with Crippen molar-refractivity contribution in [2.24, 2.45) is 0 Å². The number of halogens is 3. The van der Waals surface area contributed by atoms with E-state index in [1.165, 1.54) is 0 Å². The number of benzene rings is 2. The van der Waals surface area contributed by atoms with Crippen molar-refractivity contribution in [2.75, 3.05) is 0 Å². The Bertz CT molecular complexity index is 525. The summed E-state index contributed by atoms with van der Waals surface area (Å²) >= 11 is 13.9. The minimum Gasteiger partial charge on any atom is -0.384 e. The van der Waals surface area contributed by atoms with Crippen molar-refractivity contribution in [1.29, 1.82) is 0 Å². The third-order valence-electron chi connectivity index (χ3n) is 2.44. The molecule has 2 aromatic carbocycles. The van der Waals surface area contributed by atoms with Gasteiger partial charge in [-0.1, -0.05) is 35.3 Å². The minimum absolute atomic E-state index is 0.619. The van der Waals surface area contributed by atoms with E-state index in [1.807, 2.05) is 18.2 Å². The van der Waals surface area contributed by atoms with E-state index < -0.39 is 6.10 Å². The molecule has 17 heavy (non-hydrogen) atoms. The van der Waals surface area contributed by atoms with Crippen molar-refractivity contribution in [3.63, 3.8) is 0 Å². The molecular weight excluding hydrogens is 370 g/mol. The fraction of sp³-hybridized carbons (Fsp3) is 0.0769. The number of hydrogen-bond acceptors (Lipinski definition) is 1. The Morgan fingerprint density at radius 2 is 1.53 bits per heavy atom. The highest BCUT2D eigenvalue weighted by atomic mass is 127. The lowest BCUT2D eigenvalue weighted by Crippen LogP contribution is -2.01. The summed E-state index contributed by atoms with van der Waals surface area (Å²) in [7, 11) is 0. The van der Waals surface area contributed by atoms with Crippen molar-refractivity contribution in [1.82, 2.24) is 0 Å². The standard InChI is InChI=1S/C13H9Cl2IO/c14-9-3-1-8(2-4-9)13(17)11-7-10(15)5-6-12(11)16/h1-7,13,17H. The second kappa shape index (κ2) is 5.57. The Morgan fingerprint density at radius 1 is 0.941 bits per heavy atom. The normalized spacial score (nSPS) is 12.5. The fourth-order valence-corrected chi connectivity index (χ4v) is 2.49. The molecule has 0 radical (unpaired) electrons. The van der Waals surface area contributed by atoms with Crippen LogP contribution in [-0.4, -0.2) is 5.11 Å². The van der Waals surface area contributed by atoms with Crippen LogP contribution in [0.5, 0.6) is 0 Å². The summed E-state index contributed by atoms with van der Waals surface area (Å²) < 4.78 is 0.981. The van der Waals surface area contributed by atoms with Crippen LogP contribution in [-0.2, 0) is 0 Å². The fourth-order valence-electron chi connectivity index (χ4n) is 1.55. The molecule has 0 aliphatic heterocycles. The van der Waals surface area contributed by atoms with Crippen molar-refractivity contribution in [3.05, 3.63) is 67.2 Å².